The zero-order valence-electron chi connectivity index (χ0n) is 12.6. The highest BCUT2D eigenvalue weighted by Crippen LogP contribution is 2.35. The van der Waals surface area contributed by atoms with Gasteiger partial charge in [0.1, 0.15) is 5.75 Å². The van der Waals surface area contributed by atoms with Gasteiger partial charge in [-0.05, 0) is 68.8 Å². The summed E-state index contributed by atoms with van der Waals surface area (Å²) in [4.78, 5) is 12.0. The molecule has 0 aliphatic rings. The van der Waals surface area contributed by atoms with Gasteiger partial charge in [0.05, 0.1) is 8.95 Å². The van der Waals surface area contributed by atoms with Crippen LogP contribution in [0.4, 0.5) is 0 Å². The lowest BCUT2D eigenvalue weighted by atomic mass is 10.1. The average Bonchev–Trinajstić information content (AvgIpc) is 2.41. The van der Waals surface area contributed by atoms with Crippen molar-refractivity contribution < 1.29 is 9.53 Å². The maximum absolute atomic E-state index is 12.0. The Morgan fingerprint density at radius 3 is 2.33 bits per heavy atom. The zero-order chi connectivity index (χ0) is 16.0. The minimum absolute atomic E-state index is 0.114. The minimum atomic E-state index is -0.562. The van der Waals surface area contributed by atoms with Crippen LogP contribution in [0, 0.1) is 5.92 Å². The van der Waals surface area contributed by atoms with Crippen LogP contribution in [-0.4, -0.2) is 18.6 Å². The normalized spacial score (nSPS) is 12.3. The van der Waals surface area contributed by atoms with E-state index in [0.717, 1.165) is 20.9 Å². The molecule has 1 amide bonds. The molecule has 0 bridgehead atoms. The number of halogens is 2. The first-order valence-corrected chi connectivity index (χ1v) is 8.56. The zero-order valence-corrected chi connectivity index (χ0v) is 15.8. The Morgan fingerprint density at radius 2 is 1.86 bits per heavy atom. The molecule has 4 nitrogen and oxygen atoms in total. The van der Waals surface area contributed by atoms with Crippen LogP contribution in [0.25, 0.3) is 0 Å². The Balaban J connectivity index is 2.66. The molecule has 1 aromatic carbocycles. The quantitative estimate of drug-likeness (QED) is 0.706. The number of rotatable bonds is 7. The van der Waals surface area contributed by atoms with E-state index in [1.165, 1.54) is 0 Å². The topological polar surface area (TPSA) is 64.3 Å². The summed E-state index contributed by atoms with van der Waals surface area (Å²) in [7, 11) is 0. The standard InChI is InChI=1S/C15H22Br2N2O2/c1-9(2)4-5-19-15(20)10(3)21-14-12(16)6-11(8-18)7-13(14)17/h6-7,9-10H,4-5,8,18H2,1-3H3,(H,19,20). The molecular weight excluding hydrogens is 400 g/mol. The molecule has 0 aliphatic carbocycles. The first kappa shape index (κ1) is 18.5. The van der Waals surface area contributed by atoms with Gasteiger partial charge in [0, 0.05) is 13.1 Å². The van der Waals surface area contributed by atoms with E-state index in [1.54, 1.807) is 6.92 Å². The molecule has 0 aromatic heterocycles. The molecule has 6 heteroatoms. The van der Waals surface area contributed by atoms with Crippen molar-refractivity contribution in [3.63, 3.8) is 0 Å². The maximum Gasteiger partial charge on any atom is 0.260 e. The third-order valence-electron chi connectivity index (χ3n) is 2.98. The number of amides is 1. The molecule has 1 rings (SSSR count). The van der Waals surface area contributed by atoms with Gasteiger partial charge in [-0.1, -0.05) is 13.8 Å². The van der Waals surface area contributed by atoms with Crippen molar-refractivity contribution in [2.45, 2.75) is 39.8 Å². The Labute approximate surface area is 143 Å². The van der Waals surface area contributed by atoms with E-state index >= 15 is 0 Å². The van der Waals surface area contributed by atoms with Crippen molar-refractivity contribution in [3.05, 3.63) is 26.6 Å². The predicted molar refractivity (Wildman–Crippen MR) is 92.3 cm³/mol. The number of hydrogen-bond donors (Lipinski definition) is 2. The van der Waals surface area contributed by atoms with Crippen LogP contribution in [0.5, 0.6) is 5.75 Å². The number of benzene rings is 1. The fourth-order valence-corrected chi connectivity index (χ4v) is 3.17. The monoisotopic (exact) mass is 420 g/mol. The molecule has 118 valence electrons. The van der Waals surface area contributed by atoms with Crippen molar-refractivity contribution in [1.29, 1.82) is 0 Å². The van der Waals surface area contributed by atoms with Crippen molar-refractivity contribution in [2.75, 3.05) is 6.54 Å². The van der Waals surface area contributed by atoms with Gasteiger partial charge >= 0.3 is 0 Å². The Morgan fingerprint density at radius 1 is 1.29 bits per heavy atom. The van der Waals surface area contributed by atoms with E-state index < -0.39 is 6.10 Å². The highest BCUT2D eigenvalue weighted by atomic mass is 79.9. The van der Waals surface area contributed by atoms with E-state index in [-0.39, 0.29) is 5.91 Å². The van der Waals surface area contributed by atoms with Crippen LogP contribution in [0.2, 0.25) is 0 Å². The van der Waals surface area contributed by atoms with E-state index in [9.17, 15) is 4.79 Å². The van der Waals surface area contributed by atoms with Gasteiger partial charge < -0.3 is 15.8 Å². The Kier molecular flexibility index (Phi) is 7.70. The summed E-state index contributed by atoms with van der Waals surface area (Å²) in [5.41, 5.74) is 6.60. The van der Waals surface area contributed by atoms with E-state index in [2.05, 4.69) is 51.0 Å². The van der Waals surface area contributed by atoms with Gasteiger partial charge in [0.25, 0.3) is 5.91 Å². The molecule has 0 radical (unpaired) electrons. The lowest BCUT2D eigenvalue weighted by molar-refractivity contribution is -0.127. The number of ether oxygens (including phenoxy) is 1. The minimum Gasteiger partial charge on any atom is -0.479 e. The van der Waals surface area contributed by atoms with Gasteiger partial charge in [-0.25, -0.2) is 0 Å². The van der Waals surface area contributed by atoms with Crippen LogP contribution in [0.1, 0.15) is 32.8 Å². The van der Waals surface area contributed by atoms with Gasteiger partial charge in [-0.3, -0.25) is 4.79 Å². The first-order chi connectivity index (χ1) is 9.85. The summed E-state index contributed by atoms with van der Waals surface area (Å²) in [6.45, 7) is 7.10. The molecular formula is C15H22Br2N2O2. The van der Waals surface area contributed by atoms with Gasteiger partial charge in [-0.15, -0.1) is 0 Å². The summed E-state index contributed by atoms with van der Waals surface area (Å²) >= 11 is 6.89. The van der Waals surface area contributed by atoms with Gasteiger partial charge in [0.2, 0.25) is 0 Å². The summed E-state index contributed by atoms with van der Waals surface area (Å²) in [6.07, 6.45) is 0.394. The van der Waals surface area contributed by atoms with Crippen LogP contribution < -0.4 is 15.8 Å². The van der Waals surface area contributed by atoms with Crippen LogP contribution in [-0.2, 0) is 11.3 Å². The summed E-state index contributed by atoms with van der Waals surface area (Å²) in [5.74, 6) is 1.06. The second-order valence-corrected chi connectivity index (χ2v) is 7.04. The van der Waals surface area contributed by atoms with Crippen molar-refractivity contribution >= 4 is 37.8 Å². The average molecular weight is 422 g/mol. The molecule has 1 atom stereocenters. The third-order valence-corrected chi connectivity index (χ3v) is 4.16. The smallest absolute Gasteiger partial charge is 0.260 e. The largest absolute Gasteiger partial charge is 0.479 e. The fraction of sp³-hybridized carbons (Fsp3) is 0.533. The SMILES string of the molecule is CC(C)CCNC(=O)C(C)Oc1c(Br)cc(CN)cc1Br. The molecule has 0 heterocycles. The molecule has 0 spiro atoms. The first-order valence-electron chi connectivity index (χ1n) is 6.97. The summed E-state index contributed by atoms with van der Waals surface area (Å²) < 4.78 is 7.30. The molecule has 21 heavy (non-hydrogen) atoms. The van der Waals surface area contributed by atoms with Crippen LogP contribution >= 0.6 is 31.9 Å². The van der Waals surface area contributed by atoms with E-state index in [1.807, 2.05) is 12.1 Å². The third kappa shape index (κ3) is 5.96. The molecule has 0 fully saturated rings. The fourth-order valence-electron chi connectivity index (χ4n) is 1.70. The Hall–Kier alpha value is -0.590. The number of carbonyl (C=O) groups is 1. The van der Waals surface area contributed by atoms with Gasteiger partial charge in [0.15, 0.2) is 6.10 Å². The van der Waals surface area contributed by atoms with Crippen molar-refractivity contribution in [2.24, 2.45) is 11.7 Å². The van der Waals surface area contributed by atoms with Crippen LogP contribution in [0.15, 0.2) is 21.1 Å². The second-order valence-electron chi connectivity index (χ2n) is 5.33. The highest BCUT2D eigenvalue weighted by Gasteiger charge is 2.18. The lowest BCUT2D eigenvalue weighted by Crippen LogP contribution is -2.37. The molecule has 1 aromatic rings. The summed E-state index contributed by atoms with van der Waals surface area (Å²) in [5, 5.41) is 2.88. The number of nitrogens with two attached hydrogens (primary N) is 1. The molecule has 0 saturated heterocycles. The number of nitrogens with one attached hydrogen (secondary N) is 1. The predicted octanol–water partition coefficient (Wildman–Crippen LogP) is 3.60. The molecule has 1 unspecified atom stereocenters. The Bertz CT molecular complexity index is 470. The summed E-state index contributed by atoms with van der Waals surface area (Å²) in [6, 6.07) is 3.78. The van der Waals surface area contributed by atoms with Crippen molar-refractivity contribution in [1.82, 2.24) is 5.32 Å². The number of carbonyl (C=O) groups excluding carboxylic acids is 1. The van der Waals surface area contributed by atoms with Crippen LogP contribution in [0.3, 0.4) is 0 Å². The second kappa shape index (κ2) is 8.76. The maximum atomic E-state index is 12.0. The van der Waals surface area contributed by atoms with Gasteiger partial charge in [-0.2, -0.15) is 0 Å². The number of hydrogen-bond acceptors (Lipinski definition) is 3. The lowest BCUT2D eigenvalue weighted by Gasteiger charge is -2.18. The van der Waals surface area contributed by atoms with E-state index in [4.69, 9.17) is 10.5 Å². The molecule has 3 N–H and O–H groups in total. The van der Waals surface area contributed by atoms with E-state index in [0.29, 0.717) is 24.8 Å². The van der Waals surface area contributed by atoms with Crippen molar-refractivity contribution in [3.8, 4) is 5.75 Å². The molecule has 0 saturated carbocycles. The highest BCUT2D eigenvalue weighted by molar-refractivity contribution is 9.11. The molecule has 0 aliphatic heterocycles.